The van der Waals surface area contributed by atoms with E-state index in [0.29, 0.717) is 13.0 Å². The number of nitrogens with zero attached hydrogens (tertiary/aromatic N) is 1. The average molecular weight is 400 g/mol. The summed E-state index contributed by atoms with van der Waals surface area (Å²) in [6.45, 7) is 17.5. The fourth-order valence-corrected chi connectivity index (χ4v) is 4.23. The molecule has 0 amide bonds. The van der Waals surface area contributed by atoms with Crippen LogP contribution < -0.4 is 0 Å². The van der Waals surface area contributed by atoms with Crippen LogP contribution in [0, 0.1) is 0 Å². The molecule has 27 heavy (non-hydrogen) atoms. The van der Waals surface area contributed by atoms with Gasteiger partial charge in [0.05, 0.1) is 6.61 Å². The molecule has 0 aromatic heterocycles. The first-order chi connectivity index (χ1) is 12.7. The van der Waals surface area contributed by atoms with Crippen LogP contribution in [-0.2, 0) is 14.0 Å². The van der Waals surface area contributed by atoms with Crippen LogP contribution in [-0.4, -0.2) is 51.5 Å². The van der Waals surface area contributed by atoms with Crippen molar-refractivity contribution in [3.63, 3.8) is 0 Å². The summed E-state index contributed by atoms with van der Waals surface area (Å²) in [6, 6.07) is 0. The molecule has 1 saturated heterocycles. The number of carbonyl (C=O) groups is 1. The molecule has 1 unspecified atom stereocenters. The average Bonchev–Trinajstić information content (AvgIpc) is 3.08. The van der Waals surface area contributed by atoms with Gasteiger partial charge in [-0.15, -0.1) is 0 Å². The fraction of sp³-hybridized carbons (Fsp3) is 0.955. The van der Waals surface area contributed by atoms with Crippen molar-refractivity contribution in [2.75, 3.05) is 26.2 Å². The van der Waals surface area contributed by atoms with Crippen LogP contribution in [0.3, 0.4) is 0 Å². The van der Waals surface area contributed by atoms with Crippen molar-refractivity contribution in [3.8, 4) is 0 Å². The molecule has 0 aromatic carbocycles. The number of carbonyl (C=O) groups excluding carboxylic acids is 1. The second-order valence-electron chi connectivity index (χ2n) is 9.68. The highest BCUT2D eigenvalue weighted by Gasteiger charge is 2.37. The lowest BCUT2D eigenvalue weighted by atomic mass is 10.1. The Hall–Kier alpha value is -0.393. The van der Waals surface area contributed by atoms with Gasteiger partial charge in [-0.3, -0.25) is 4.79 Å². The maximum atomic E-state index is 12.4. The minimum absolute atomic E-state index is 0.0477. The van der Waals surface area contributed by atoms with E-state index in [2.05, 4.69) is 45.7 Å². The van der Waals surface area contributed by atoms with Gasteiger partial charge in [-0.1, -0.05) is 47.0 Å². The molecule has 1 fully saturated rings. The summed E-state index contributed by atoms with van der Waals surface area (Å²) < 4.78 is 12.2. The zero-order chi connectivity index (χ0) is 20.3. The molecule has 160 valence electrons. The molecule has 0 N–H and O–H groups in total. The summed E-state index contributed by atoms with van der Waals surface area (Å²) in [5.74, 6) is -0.0477. The van der Waals surface area contributed by atoms with Crippen LogP contribution >= 0.6 is 0 Å². The number of esters is 1. The molecular formula is C22H45NO3Si. The van der Waals surface area contributed by atoms with Crippen LogP contribution in [0.25, 0.3) is 0 Å². The van der Waals surface area contributed by atoms with Gasteiger partial charge < -0.3 is 14.1 Å². The predicted molar refractivity (Wildman–Crippen MR) is 117 cm³/mol. The normalized spacial score (nSPS) is 17.3. The summed E-state index contributed by atoms with van der Waals surface area (Å²) in [4.78, 5) is 14.8. The molecule has 1 aliphatic heterocycles. The molecule has 0 aliphatic carbocycles. The highest BCUT2D eigenvalue weighted by molar-refractivity contribution is 6.74. The maximum Gasteiger partial charge on any atom is 0.306 e. The Morgan fingerprint density at radius 2 is 1.74 bits per heavy atom. The zero-order valence-corrected chi connectivity index (χ0v) is 19.9. The Labute approximate surface area is 169 Å². The Morgan fingerprint density at radius 1 is 1.07 bits per heavy atom. The lowest BCUT2D eigenvalue weighted by Gasteiger charge is -2.37. The van der Waals surface area contributed by atoms with Crippen molar-refractivity contribution in [1.29, 1.82) is 0 Å². The molecule has 0 saturated carbocycles. The maximum absolute atomic E-state index is 12.4. The summed E-state index contributed by atoms with van der Waals surface area (Å²) in [6.07, 6.45) is 9.67. The summed E-state index contributed by atoms with van der Waals surface area (Å²) in [5, 5.41) is 0.180. The van der Waals surface area contributed by atoms with Crippen LogP contribution in [0.15, 0.2) is 0 Å². The monoisotopic (exact) mass is 399 g/mol. The fourth-order valence-electron chi connectivity index (χ4n) is 3.19. The highest BCUT2D eigenvalue weighted by atomic mass is 28.4. The lowest BCUT2D eigenvalue weighted by molar-refractivity contribution is -0.151. The first kappa shape index (κ1) is 24.6. The standard InChI is InChI=1S/C22H45NO3Si/c1-7-8-9-10-14-20(19-25-27(5,6)22(2,3)4)26-21(24)15-13-18-23-16-11-12-17-23/h20H,7-19H2,1-6H3. The van der Waals surface area contributed by atoms with Gasteiger partial charge in [0, 0.05) is 6.42 Å². The first-order valence-electron chi connectivity index (χ1n) is 11.2. The molecule has 1 heterocycles. The topological polar surface area (TPSA) is 38.8 Å². The minimum Gasteiger partial charge on any atom is -0.460 e. The minimum atomic E-state index is -1.81. The Morgan fingerprint density at radius 3 is 2.33 bits per heavy atom. The number of ether oxygens (including phenoxy) is 1. The van der Waals surface area contributed by atoms with E-state index in [1.54, 1.807) is 0 Å². The Kier molecular flexibility index (Phi) is 11.2. The molecule has 4 nitrogen and oxygen atoms in total. The molecule has 0 bridgehead atoms. The molecule has 1 atom stereocenters. The van der Waals surface area contributed by atoms with Gasteiger partial charge >= 0.3 is 5.97 Å². The lowest BCUT2D eigenvalue weighted by Crippen LogP contribution is -2.43. The Bertz CT molecular complexity index is 414. The van der Waals surface area contributed by atoms with Crippen LogP contribution in [0.1, 0.15) is 85.5 Å². The van der Waals surface area contributed by atoms with Crippen molar-refractivity contribution in [1.82, 2.24) is 4.90 Å². The van der Waals surface area contributed by atoms with E-state index < -0.39 is 8.32 Å². The molecule has 5 heteroatoms. The van der Waals surface area contributed by atoms with Gasteiger partial charge in [0.15, 0.2) is 8.32 Å². The van der Waals surface area contributed by atoms with E-state index in [1.807, 2.05) is 0 Å². The largest absolute Gasteiger partial charge is 0.460 e. The van der Waals surface area contributed by atoms with E-state index >= 15 is 0 Å². The predicted octanol–water partition coefficient (Wildman–Crippen LogP) is 5.77. The van der Waals surface area contributed by atoms with E-state index in [4.69, 9.17) is 9.16 Å². The number of rotatable bonds is 13. The zero-order valence-electron chi connectivity index (χ0n) is 18.9. The van der Waals surface area contributed by atoms with Crippen LogP contribution in [0.5, 0.6) is 0 Å². The van der Waals surface area contributed by atoms with E-state index in [0.717, 1.165) is 25.8 Å². The van der Waals surface area contributed by atoms with Gasteiger partial charge in [0.2, 0.25) is 0 Å². The second-order valence-corrected chi connectivity index (χ2v) is 14.5. The number of hydrogen-bond acceptors (Lipinski definition) is 4. The smallest absolute Gasteiger partial charge is 0.306 e. The second kappa shape index (κ2) is 12.2. The van der Waals surface area contributed by atoms with Crippen molar-refractivity contribution in [2.24, 2.45) is 0 Å². The highest BCUT2D eigenvalue weighted by Crippen LogP contribution is 2.36. The van der Waals surface area contributed by atoms with Crippen molar-refractivity contribution in [2.45, 2.75) is 110 Å². The Balaban J connectivity index is 2.42. The molecule has 1 aliphatic rings. The van der Waals surface area contributed by atoms with Gasteiger partial charge in [0.25, 0.3) is 0 Å². The van der Waals surface area contributed by atoms with E-state index in [9.17, 15) is 4.79 Å². The van der Waals surface area contributed by atoms with Gasteiger partial charge in [0.1, 0.15) is 6.10 Å². The summed E-state index contributed by atoms with van der Waals surface area (Å²) >= 11 is 0. The number of unbranched alkanes of at least 4 members (excludes halogenated alkanes) is 3. The molecule has 0 radical (unpaired) electrons. The van der Waals surface area contributed by atoms with Crippen molar-refractivity contribution in [3.05, 3.63) is 0 Å². The van der Waals surface area contributed by atoms with Crippen molar-refractivity contribution < 1.29 is 14.0 Å². The molecule has 0 aromatic rings. The van der Waals surface area contributed by atoms with Crippen molar-refractivity contribution >= 4 is 14.3 Å². The van der Waals surface area contributed by atoms with Gasteiger partial charge in [-0.25, -0.2) is 0 Å². The summed E-state index contributed by atoms with van der Waals surface area (Å²) in [7, 11) is -1.81. The van der Waals surface area contributed by atoms with Gasteiger partial charge in [-0.05, 0) is 69.9 Å². The van der Waals surface area contributed by atoms with Crippen LogP contribution in [0.2, 0.25) is 18.1 Å². The third-order valence-electron chi connectivity index (χ3n) is 6.17. The third-order valence-corrected chi connectivity index (χ3v) is 10.7. The number of hydrogen-bond donors (Lipinski definition) is 0. The molecule has 0 spiro atoms. The first-order valence-corrected chi connectivity index (χ1v) is 14.1. The third kappa shape index (κ3) is 10.1. The van der Waals surface area contributed by atoms with E-state index in [-0.39, 0.29) is 17.1 Å². The van der Waals surface area contributed by atoms with Gasteiger partial charge in [-0.2, -0.15) is 0 Å². The SMILES string of the molecule is CCCCCCC(CO[Si](C)(C)C(C)(C)C)OC(=O)CCCN1CCCC1. The molecule has 1 rings (SSSR count). The van der Waals surface area contributed by atoms with E-state index in [1.165, 1.54) is 45.2 Å². The molecular weight excluding hydrogens is 354 g/mol. The number of likely N-dealkylation sites (tertiary alicyclic amines) is 1. The summed E-state index contributed by atoms with van der Waals surface area (Å²) in [5.41, 5.74) is 0. The van der Waals surface area contributed by atoms with Crippen LogP contribution in [0.4, 0.5) is 0 Å². The quantitative estimate of drug-likeness (QED) is 0.224.